The van der Waals surface area contributed by atoms with E-state index in [-0.39, 0.29) is 18.0 Å². The molecular formula is C23H28N2O7S. The van der Waals surface area contributed by atoms with Crippen molar-refractivity contribution in [3.05, 3.63) is 53.6 Å². The third-order valence-electron chi connectivity index (χ3n) is 4.96. The van der Waals surface area contributed by atoms with Crippen LogP contribution in [0, 0.1) is 6.92 Å². The Morgan fingerprint density at radius 3 is 2.45 bits per heavy atom. The molecule has 0 bridgehead atoms. The molecular weight excluding hydrogens is 448 g/mol. The number of hydrogen-bond acceptors (Lipinski definition) is 7. The molecule has 2 aromatic rings. The Balaban J connectivity index is 1.59. The number of hydrogen-bond donors (Lipinski definition) is 1. The first-order valence-corrected chi connectivity index (χ1v) is 12.1. The summed E-state index contributed by atoms with van der Waals surface area (Å²) in [5, 5.41) is 2.58. The number of aryl methyl sites for hydroxylation is 1. The fourth-order valence-electron chi connectivity index (χ4n) is 3.20. The van der Waals surface area contributed by atoms with Crippen molar-refractivity contribution in [3.8, 4) is 5.75 Å². The van der Waals surface area contributed by atoms with Crippen LogP contribution in [0.2, 0.25) is 0 Å². The van der Waals surface area contributed by atoms with Crippen molar-refractivity contribution in [1.82, 2.24) is 4.31 Å². The van der Waals surface area contributed by atoms with Crippen LogP contribution in [-0.4, -0.2) is 64.1 Å². The van der Waals surface area contributed by atoms with Crippen LogP contribution in [-0.2, 0) is 24.3 Å². The van der Waals surface area contributed by atoms with Crippen molar-refractivity contribution in [1.29, 1.82) is 0 Å². The lowest BCUT2D eigenvalue weighted by atomic mass is 10.2. The van der Waals surface area contributed by atoms with Crippen LogP contribution in [0.4, 0.5) is 5.69 Å². The predicted octanol–water partition coefficient (Wildman–Crippen LogP) is 2.60. The van der Waals surface area contributed by atoms with Gasteiger partial charge in [-0.25, -0.2) is 13.2 Å². The van der Waals surface area contributed by atoms with Crippen molar-refractivity contribution >= 4 is 27.6 Å². The number of carbonyl (C=O) groups excluding carboxylic acids is 2. The number of morpholine rings is 1. The molecule has 0 radical (unpaired) electrons. The number of esters is 1. The third-order valence-corrected chi connectivity index (χ3v) is 7.00. The third kappa shape index (κ3) is 6.53. The molecule has 0 unspecified atom stereocenters. The highest BCUT2D eigenvalue weighted by atomic mass is 32.2. The minimum atomic E-state index is -3.72. The largest absolute Gasteiger partial charge is 0.494 e. The van der Waals surface area contributed by atoms with Crippen LogP contribution in [0.25, 0.3) is 0 Å². The standard InChI is InChI=1S/C23H28N2O7S/c1-3-12-31-20-8-5-18(6-9-20)23(27)32-16-22(26)24-19-7-4-17(2)21(15-19)33(28,29)25-10-13-30-14-11-25/h4-9,15H,3,10-14,16H2,1-2H3,(H,24,26). The molecule has 1 aliphatic heterocycles. The van der Waals surface area contributed by atoms with Crippen LogP contribution in [0.1, 0.15) is 29.3 Å². The van der Waals surface area contributed by atoms with Gasteiger partial charge in [0.05, 0.1) is 30.3 Å². The number of nitrogens with one attached hydrogen (secondary N) is 1. The van der Waals surface area contributed by atoms with E-state index in [0.29, 0.717) is 42.4 Å². The monoisotopic (exact) mass is 476 g/mol. The highest BCUT2D eigenvalue weighted by Crippen LogP contribution is 2.24. The number of rotatable bonds is 9. The SMILES string of the molecule is CCCOc1ccc(C(=O)OCC(=O)Nc2ccc(C)c(S(=O)(=O)N3CCOCC3)c2)cc1. The van der Waals surface area contributed by atoms with Crippen molar-refractivity contribution in [3.63, 3.8) is 0 Å². The Bertz CT molecular complexity index is 1080. The van der Waals surface area contributed by atoms with Crippen molar-refractivity contribution in [2.45, 2.75) is 25.2 Å². The van der Waals surface area contributed by atoms with Gasteiger partial charge in [-0.3, -0.25) is 4.79 Å². The first-order chi connectivity index (χ1) is 15.8. The Morgan fingerprint density at radius 1 is 1.09 bits per heavy atom. The molecule has 178 valence electrons. The van der Waals surface area contributed by atoms with E-state index in [1.807, 2.05) is 6.92 Å². The summed E-state index contributed by atoms with van der Waals surface area (Å²) in [6.07, 6.45) is 0.876. The fraction of sp³-hybridized carbons (Fsp3) is 0.391. The molecule has 1 aliphatic rings. The molecule has 1 amide bonds. The second-order valence-corrected chi connectivity index (χ2v) is 9.40. The second kappa shape index (κ2) is 11.3. The van der Waals surface area contributed by atoms with Gasteiger partial charge in [0.1, 0.15) is 5.75 Å². The van der Waals surface area contributed by atoms with Gasteiger partial charge in [-0.1, -0.05) is 13.0 Å². The number of ether oxygens (including phenoxy) is 3. The Hall–Kier alpha value is -2.95. The van der Waals surface area contributed by atoms with Crippen molar-refractivity contribution in [2.75, 3.05) is 44.8 Å². The molecule has 0 aliphatic carbocycles. The summed E-state index contributed by atoms with van der Waals surface area (Å²) in [4.78, 5) is 24.6. The minimum absolute atomic E-state index is 0.115. The van der Waals surface area contributed by atoms with Crippen LogP contribution in [0.5, 0.6) is 5.75 Å². The van der Waals surface area contributed by atoms with E-state index < -0.39 is 28.5 Å². The first-order valence-electron chi connectivity index (χ1n) is 10.7. The minimum Gasteiger partial charge on any atom is -0.494 e. The summed E-state index contributed by atoms with van der Waals surface area (Å²) in [7, 11) is -3.72. The van der Waals surface area contributed by atoms with Crippen LogP contribution < -0.4 is 10.1 Å². The second-order valence-electron chi connectivity index (χ2n) is 7.49. The molecule has 0 atom stereocenters. The molecule has 1 N–H and O–H groups in total. The highest BCUT2D eigenvalue weighted by molar-refractivity contribution is 7.89. The molecule has 0 spiro atoms. The summed E-state index contributed by atoms with van der Waals surface area (Å²) < 4.78 is 43.1. The van der Waals surface area contributed by atoms with Gasteiger partial charge in [-0.05, 0) is 55.3 Å². The molecule has 3 rings (SSSR count). The first kappa shape index (κ1) is 24.7. The van der Waals surface area contributed by atoms with E-state index >= 15 is 0 Å². The zero-order valence-corrected chi connectivity index (χ0v) is 19.5. The molecule has 10 heteroatoms. The van der Waals surface area contributed by atoms with Gasteiger partial charge in [0, 0.05) is 18.8 Å². The quantitative estimate of drug-likeness (QED) is 0.554. The zero-order valence-electron chi connectivity index (χ0n) is 18.7. The highest BCUT2D eigenvalue weighted by Gasteiger charge is 2.28. The summed E-state index contributed by atoms with van der Waals surface area (Å²) in [6, 6.07) is 11.1. The Labute approximate surface area is 193 Å². The maximum Gasteiger partial charge on any atom is 0.338 e. The van der Waals surface area contributed by atoms with Crippen LogP contribution in [0.15, 0.2) is 47.4 Å². The summed E-state index contributed by atoms with van der Waals surface area (Å²) in [6.45, 7) is 5.00. The lowest BCUT2D eigenvalue weighted by Crippen LogP contribution is -2.40. The zero-order chi connectivity index (χ0) is 23.8. The molecule has 2 aromatic carbocycles. The Morgan fingerprint density at radius 2 is 1.79 bits per heavy atom. The summed E-state index contributed by atoms with van der Waals surface area (Å²) in [5.41, 5.74) is 1.16. The van der Waals surface area contributed by atoms with E-state index in [9.17, 15) is 18.0 Å². The smallest absolute Gasteiger partial charge is 0.338 e. The van der Waals surface area contributed by atoms with E-state index in [1.54, 1.807) is 43.3 Å². The van der Waals surface area contributed by atoms with Gasteiger partial charge in [0.15, 0.2) is 6.61 Å². The topological polar surface area (TPSA) is 111 Å². The van der Waals surface area contributed by atoms with Gasteiger partial charge in [-0.15, -0.1) is 0 Å². The lowest BCUT2D eigenvalue weighted by molar-refractivity contribution is -0.119. The number of benzene rings is 2. The maximum atomic E-state index is 13.0. The molecule has 33 heavy (non-hydrogen) atoms. The van der Waals surface area contributed by atoms with E-state index in [4.69, 9.17) is 14.2 Å². The van der Waals surface area contributed by atoms with Gasteiger partial charge >= 0.3 is 5.97 Å². The van der Waals surface area contributed by atoms with Gasteiger partial charge in [0.2, 0.25) is 10.0 Å². The molecule has 0 aromatic heterocycles. The summed E-state index contributed by atoms with van der Waals surface area (Å²) in [5.74, 6) is -0.579. The van der Waals surface area contributed by atoms with E-state index in [1.165, 1.54) is 10.4 Å². The molecule has 0 saturated carbocycles. The van der Waals surface area contributed by atoms with E-state index in [2.05, 4.69) is 5.32 Å². The van der Waals surface area contributed by atoms with Gasteiger partial charge in [0.25, 0.3) is 5.91 Å². The van der Waals surface area contributed by atoms with Crippen LogP contribution >= 0.6 is 0 Å². The fourth-order valence-corrected chi connectivity index (χ4v) is 4.86. The number of anilines is 1. The Kier molecular flexibility index (Phi) is 8.43. The number of carbonyl (C=O) groups is 2. The summed E-state index contributed by atoms with van der Waals surface area (Å²) >= 11 is 0. The maximum absolute atomic E-state index is 13.0. The predicted molar refractivity (Wildman–Crippen MR) is 122 cm³/mol. The average Bonchev–Trinajstić information content (AvgIpc) is 2.83. The van der Waals surface area contributed by atoms with Crippen molar-refractivity contribution < 1.29 is 32.2 Å². The van der Waals surface area contributed by atoms with Gasteiger partial charge < -0.3 is 19.5 Å². The molecule has 1 saturated heterocycles. The lowest BCUT2D eigenvalue weighted by Gasteiger charge is -2.26. The molecule has 9 nitrogen and oxygen atoms in total. The number of sulfonamides is 1. The van der Waals surface area contributed by atoms with Crippen molar-refractivity contribution in [2.24, 2.45) is 0 Å². The van der Waals surface area contributed by atoms with E-state index in [0.717, 1.165) is 6.42 Å². The average molecular weight is 477 g/mol. The number of nitrogens with zero attached hydrogens (tertiary/aromatic N) is 1. The molecule has 1 heterocycles. The molecule has 1 fully saturated rings. The van der Waals surface area contributed by atoms with Crippen LogP contribution in [0.3, 0.4) is 0 Å². The number of amides is 1. The normalized spacial score (nSPS) is 14.5. The van der Waals surface area contributed by atoms with Gasteiger partial charge in [-0.2, -0.15) is 4.31 Å².